The minimum absolute atomic E-state index is 0.128. The van der Waals surface area contributed by atoms with Crippen molar-refractivity contribution in [3.63, 3.8) is 0 Å². The summed E-state index contributed by atoms with van der Waals surface area (Å²) in [4.78, 5) is 2.27. The molecule has 3 heterocycles. The highest BCUT2D eigenvalue weighted by Crippen LogP contribution is 2.54. The van der Waals surface area contributed by atoms with E-state index in [0.717, 1.165) is 31.5 Å². The summed E-state index contributed by atoms with van der Waals surface area (Å²) in [6, 6.07) is 6.01. The summed E-state index contributed by atoms with van der Waals surface area (Å²) in [6.07, 6.45) is -2.42. The lowest BCUT2D eigenvalue weighted by Crippen LogP contribution is -2.37. The standard InChI is InChI=1S/C17H20F3NO3/c18-17(19,20)23-12-3-1-11(2-4-12)7-21-8-14-13(9-22)15-5-6-16(14,10-21)24-15/h1-4,13-15,22H,5-10H2/t13-,14+,15+,16+/m0/s1. The molecule has 7 heteroatoms. The maximum atomic E-state index is 12.2. The van der Waals surface area contributed by atoms with Crippen molar-refractivity contribution in [2.24, 2.45) is 11.8 Å². The zero-order valence-corrected chi connectivity index (χ0v) is 13.1. The van der Waals surface area contributed by atoms with Gasteiger partial charge in [0.2, 0.25) is 0 Å². The van der Waals surface area contributed by atoms with Gasteiger partial charge in [0.15, 0.2) is 0 Å². The minimum Gasteiger partial charge on any atom is -0.406 e. The predicted molar refractivity (Wildman–Crippen MR) is 79.3 cm³/mol. The highest BCUT2D eigenvalue weighted by atomic mass is 19.4. The Morgan fingerprint density at radius 2 is 2.04 bits per heavy atom. The van der Waals surface area contributed by atoms with Crippen LogP contribution in [0.4, 0.5) is 13.2 Å². The Morgan fingerprint density at radius 3 is 2.71 bits per heavy atom. The monoisotopic (exact) mass is 343 g/mol. The quantitative estimate of drug-likeness (QED) is 0.912. The SMILES string of the molecule is OC[C@H]1[C@H]2CN(Cc3ccc(OC(F)(F)F)cc3)C[C@]23CC[C@H]1O3. The zero-order chi connectivity index (χ0) is 16.9. The van der Waals surface area contributed by atoms with Gasteiger partial charge in [-0.2, -0.15) is 0 Å². The maximum Gasteiger partial charge on any atom is 0.573 e. The van der Waals surface area contributed by atoms with E-state index < -0.39 is 6.36 Å². The Bertz CT molecular complexity index is 606. The molecular weight excluding hydrogens is 323 g/mol. The van der Waals surface area contributed by atoms with E-state index in [0.29, 0.717) is 12.5 Å². The summed E-state index contributed by atoms with van der Waals surface area (Å²) in [7, 11) is 0. The number of likely N-dealkylation sites (tertiary alicyclic amines) is 1. The third kappa shape index (κ3) is 2.78. The highest BCUT2D eigenvalue weighted by molar-refractivity contribution is 5.27. The molecule has 4 atom stereocenters. The number of hydrogen-bond donors (Lipinski definition) is 1. The summed E-state index contributed by atoms with van der Waals surface area (Å²) in [5, 5.41) is 9.63. The molecule has 3 aliphatic heterocycles. The van der Waals surface area contributed by atoms with Gasteiger partial charge >= 0.3 is 6.36 Å². The van der Waals surface area contributed by atoms with E-state index >= 15 is 0 Å². The molecule has 0 saturated carbocycles. The molecule has 24 heavy (non-hydrogen) atoms. The van der Waals surface area contributed by atoms with Crippen molar-refractivity contribution in [3.8, 4) is 5.75 Å². The van der Waals surface area contributed by atoms with Crippen molar-refractivity contribution in [3.05, 3.63) is 29.8 Å². The van der Waals surface area contributed by atoms with Crippen molar-refractivity contribution in [1.29, 1.82) is 0 Å². The van der Waals surface area contributed by atoms with Gasteiger partial charge in [0.1, 0.15) is 5.75 Å². The molecule has 1 spiro atoms. The van der Waals surface area contributed by atoms with Crippen LogP contribution in [0.25, 0.3) is 0 Å². The third-order valence-electron chi connectivity index (χ3n) is 5.63. The van der Waals surface area contributed by atoms with E-state index in [9.17, 15) is 18.3 Å². The van der Waals surface area contributed by atoms with E-state index in [1.54, 1.807) is 12.1 Å². The Labute approximate surface area is 138 Å². The van der Waals surface area contributed by atoms with Crippen LogP contribution < -0.4 is 4.74 Å². The number of ether oxygens (including phenoxy) is 2. The summed E-state index contributed by atoms with van der Waals surface area (Å²) in [6.45, 7) is 2.51. The lowest BCUT2D eigenvalue weighted by molar-refractivity contribution is -0.274. The molecule has 1 aromatic carbocycles. The molecule has 0 amide bonds. The van der Waals surface area contributed by atoms with Gasteiger partial charge in [0.05, 0.1) is 11.7 Å². The second-order valence-electron chi connectivity index (χ2n) is 7.07. The van der Waals surface area contributed by atoms with Crippen LogP contribution in [0, 0.1) is 11.8 Å². The van der Waals surface area contributed by atoms with Crippen molar-refractivity contribution >= 4 is 0 Å². The van der Waals surface area contributed by atoms with Gasteiger partial charge in [-0.3, -0.25) is 4.90 Å². The summed E-state index contributed by atoms with van der Waals surface area (Å²) < 4.78 is 46.7. The zero-order valence-electron chi connectivity index (χ0n) is 13.1. The molecule has 1 aromatic rings. The lowest BCUT2D eigenvalue weighted by Gasteiger charge is -2.28. The van der Waals surface area contributed by atoms with Crippen molar-refractivity contribution in [2.75, 3.05) is 19.7 Å². The number of alkyl halides is 3. The van der Waals surface area contributed by atoms with E-state index in [1.165, 1.54) is 12.1 Å². The first-order valence-electron chi connectivity index (χ1n) is 8.24. The normalized spacial score (nSPS) is 35.4. The number of nitrogens with zero attached hydrogens (tertiary/aromatic N) is 1. The Hall–Kier alpha value is -1.31. The molecule has 0 radical (unpaired) electrons. The smallest absolute Gasteiger partial charge is 0.406 e. The number of aliphatic hydroxyl groups excluding tert-OH is 1. The van der Waals surface area contributed by atoms with E-state index in [-0.39, 0.29) is 30.0 Å². The first-order chi connectivity index (χ1) is 11.4. The molecule has 3 saturated heterocycles. The third-order valence-corrected chi connectivity index (χ3v) is 5.63. The summed E-state index contributed by atoms with van der Waals surface area (Å²) in [5.41, 5.74) is 0.813. The van der Waals surface area contributed by atoms with Crippen LogP contribution in [0.3, 0.4) is 0 Å². The van der Waals surface area contributed by atoms with Gasteiger partial charge in [-0.15, -0.1) is 13.2 Å². The van der Waals surface area contributed by atoms with E-state index in [2.05, 4.69) is 9.64 Å². The molecule has 4 nitrogen and oxygen atoms in total. The summed E-state index contributed by atoms with van der Waals surface area (Å²) >= 11 is 0. The predicted octanol–water partition coefficient (Wildman–Crippen LogP) is 2.56. The van der Waals surface area contributed by atoms with Gasteiger partial charge < -0.3 is 14.6 Å². The van der Waals surface area contributed by atoms with Crippen molar-refractivity contribution in [1.82, 2.24) is 4.90 Å². The van der Waals surface area contributed by atoms with Gasteiger partial charge in [0, 0.05) is 38.1 Å². The Balaban J connectivity index is 1.40. The number of hydrogen-bond acceptors (Lipinski definition) is 4. The van der Waals surface area contributed by atoms with E-state index in [4.69, 9.17) is 4.74 Å². The van der Waals surface area contributed by atoms with Gasteiger partial charge in [-0.1, -0.05) is 12.1 Å². The second kappa shape index (κ2) is 5.61. The van der Waals surface area contributed by atoms with Gasteiger partial charge in [0.25, 0.3) is 0 Å². The molecule has 0 aromatic heterocycles. The number of benzene rings is 1. The second-order valence-corrected chi connectivity index (χ2v) is 7.07. The van der Waals surface area contributed by atoms with Crippen LogP contribution in [0.1, 0.15) is 18.4 Å². The first kappa shape index (κ1) is 16.2. The largest absolute Gasteiger partial charge is 0.573 e. The van der Waals surface area contributed by atoms with Gasteiger partial charge in [-0.05, 0) is 30.5 Å². The lowest BCUT2D eigenvalue weighted by atomic mass is 9.74. The molecule has 3 aliphatic rings. The fourth-order valence-electron chi connectivity index (χ4n) is 4.71. The number of aliphatic hydroxyl groups is 1. The average molecular weight is 343 g/mol. The molecule has 4 rings (SSSR count). The van der Waals surface area contributed by atoms with Crippen LogP contribution in [0.5, 0.6) is 5.75 Å². The Morgan fingerprint density at radius 1 is 1.29 bits per heavy atom. The highest BCUT2D eigenvalue weighted by Gasteiger charge is 2.62. The molecule has 0 unspecified atom stereocenters. The van der Waals surface area contributed by atoms with Crippen molar-refractivity contribution in [2.45, 2.75) is 37.5 Å². The van der Waals surface area contributed by atoms with E-state index in [1.807, 2.05) is 0 Å². The number of fused-ring (bicyclic) bond motifs is 1. The van der Waals surface area contributed by atoms with Crippen LogP contribution >= 0.6 is 0 Å². The molecule has 132 valence electrons. The van der Waals surface area contributed by atoms with Crippen molar-refractivity contribution < 1.29 is 27.8 Å². The molecule has 0 aliphatic carbocycles. The van der Waals surface area contributed by atoms with Crippen LogP contribution in [0.15, 0.2) is 24.3 Å². The summed E-state index contributed by atoms with van der Waals surface area (Å²) in [5.74, 6) is 0.367. The maximum absolute atomic E-state index is 12.2. The van der Waals surface area contributed by atoms with Crippen LogP contribution in [-0.4, -0.2) is 47.8 Å². The van der Waals surface area contributed by atoms with Crippen LogP contribution in [-0.2, 0) is 11.3 Å². The number of halogens is 3. The first-order valence-corrected chi connectivity index (χ1v) is 8.24. The Kier molecular flexibility index (Phi) is 3.78. The minimum atomic E-state index is -4.66. The molecule has 1 N–H and O–H groups in total. The molecular formula is C17H20F3NO3. The fraction of sp³-hybridized carbons (Fsp3) is 0.647. The number of rotatable bonds is 4. The van der Waals surface area contributed by atoms with Gasteiger partial charge in [-0.25, -0.2) is 0 Å². The fourth-order valence-corrected chi connectivity index (χ4v) is 4.71. The average Bonchev–Trinajstić information content (AvgIpc) is 3.14. The topological polar surface area (TPSA) is 41.9 Å². The molecule has 2 bridgehead atoms. The molecule has 3 fully saturated rings. The van der Waals surface area contributed by atoms with Crippen LogP contribution in [0.2, 0.25) is 0 Å².